The van der Waals surface area contributed by atoms with E-state index in [0.29, 0.717) is 6.54 Å². The van der Waals surface area contributed by atoms with Crippen molar-refractivity contribution < 1.29 is 9.59 Å². The van der Waals surface area contributed by atoms with Crippen LogP contribution < -0.4 is 5.32 Å². The minimum absolute atomic E-state index is 0.0373. The molecule has 84 valence electrons. The number of carbonyl (C=O) groups excluding carboxylic acids is 2. The van der Waals surface area contributed by atoms with Gasteiger partial charge in [-0.05, 0) is 20.3 Å². The SMILES string of the molecule is CCC(C)N(CC)C(=O)C(=O)NCC#N. The lowest BCUT2D eigenvalue weighted by molar-refractivity contribution is -0.147. The van der Waals surface area contributed by atoms with Crippen LogP contribution in [-0.4, -0.2) is 35.8 Å². The van der Waals surface area contributed by atoms with E-state index in [0.717, 1.165) is 6.42 Å². The van der Waals surface area contributed by atoms with Crippen LogP contribution in [0.25, 0.3) is 0 Å². The predicted octanol–water partition coefficient (Wildman–Crippen LogP) is 0.273. The second kappa shape index (κ2) is 6.82. The molecule has 0 saturated carbocycles. The number of amides is 2. The third-order valence-corrected chi connectivity index (χ3v) is 2.25. The fourth-order valence-corrected chi connectivity index (χ4v) is 1.20. The highest BCUT2D eigenvalue weighted by Gasteiger charge is 2.23. The van der Waals surface area contributed by atoms with Crippen molar-refractivity contribution in [3.8, 4) is 6.07 Å². The minimum Gasteiger partial charge on any atom is -0.335 e. The molecular weight excluding hydrogens is 194 g/mol. The Kier molecular flexibility index (Phi) is 6.11. The summed E-state index contributed by atoms with van der Waals surface area (Å²) in [6, 6.07) is 1.79. The Bertz CT molecular complexity index is 270. The van der Waals surface area contributed by atoms with Gasteiger partial charge in [-0.1, -0.05) is 6.92 Å². The van der Waals surface area contributed by atoms with Crippen LogP contribution in [-0.2, 0) is 9.59 Å². The molecule has 2 amide bonds. The van der Waals surface area contributed by atoms with Crippen molar-refractivity contribution in [3.63, 3.8) is 0 Å². The van der Waals surface area contributed by atoms with Crippen LogP contribution >= 0.6 is 0 Å². The van der Waals surface area contributed by atoms with Crippen molar-refractivity contribution in [2.45, 2.75) is 33.2 Å². The van der Waals surface area contributed by atoms with Crippen LogP contribution in [0, 0.1) is 11.3 Å². The van der Waals surface area contributed by atoms with Gasteiger partial charge in [0.15, 0.2) is 0 Å². The summed E-state index contributed by atoms with van der Waals surface area (Å²) in [6.45, 7) is 6.02. The molecule has 1 unspecified atom stereocenters. The molecule has 0 rings (SSSR count). The van der Waals surface area contributed by atoms with E-state index in [1.807, 2.05) is 20.8 Å². The number of nitriles is 1. The lowest BCUT2D eigenvalue weighted by Gasteiger charge is -2.26. The lowest BCUT2D eigenvalue weighted by atomic mass is 10.2. The quantitative estimate of drug-likeness (QED) is 0.536. The third-order valence-electron chi connectivity index (χ3n) is 2.25. The van der Waals surface area contributed by atoms with Crippen LogP contribution in [0.5, 0.6) is 0 Å². The summed E-state index contributed by atoms with van der Waals surface area (Å²) in [5, 5.41) is 10.5. The molecule has 0 aliphatic rings. The Morgan fingerprint density at radius 2 is 2.07 bits per heavy atom. The minimum atomic E-state index is -0.710. The van der Waals surface area contributed by atoms with Crippen molar-refractivity contribution >= 4 is 11.8 Å². The molecule has 1 N–H and O–H groups in total. The average molecular weight is 211 g/mol. The van der Waals surface area contributed by atoms with Crippen LogP contribution in [0.3, 0.4) is 0 Å². The zero-order chi connectivity index (χ0) is 11.8. The molecule has 0 aliphatic heterocycles. The third kappa shape index (κ3) is 3.98. The summed E-state index contributed by atoms with van der Waals surface area (Å²) in [4.78, 5) is 24.3. The maximum absolute atomic E-state index is 11.6. The molecule has 15 heavy (non-hydrogen) atoms. The fraction of sp³-hybridized carbons (Fsp3) is 0.700. The first-order valence-corrected chi connectivity index (χ1v) is 5.04. The number of carbonyl (C=O) groups is 2. The Labute approximate surface area is 90.0 Å². The van der Waals surface area contributed by atoms with Gasteiger partial charge in [0.1, 0.15) is 6.54 Å². The molecule has 0 fully saturated rings. The molecule has 0 aromatic carbocycles. The summed E-state index contributed by atoms with van der Waals surface area (Å²) in [5.41, 5.74) is 0. The molecule has 0 spiro atoms. The smallest absolute Gasteiger partial charge is 0.312 e. The van der Waals surface area contributed by atoms with E-state index in [2.05, 4.69) is 5.32 Å². The first kappa shape index (κ1) is 13.4. The van der Waals surface area contributed by atoms with E-state index in [4.69, 9.17) is 5.26 Å². The fourth-order valence-electron chi connectivity index (χ4n) is 1.20. The maximum atomic E-state index is 11.6. The maximum Gasteiger partial charge on any atom is 0.312 e. The predicted molar refractivity (Wildman–Crippen MR) is 55.8 cm³/mol. The van der Waals surface area contributed by atoms with Crippen LogP contribution in [0.1, 0.15) is 27.2 Å². The first-order valence-electron chi connectivity index (χ1n) is 5.04. The lowest BCUT2D eigenvalue weighted by Crippen LogP contribution is -2.46. The second-order valence-electron chi connectivity index (χ2n) is 3.19. The van der Waals surface area contributed by atoms with E-state index >= 15 is 0 Å². The molecule has 0 aromatic heterocycles. The van der Waals surface area contributed by atoms with Crippen molar-refractivity contribution in [1.82, 2.24) is 10.2 Å². The number of likely N-dealkylation sites (N-methyl/N-ethyl adjacent to an activating group) is 1. The molecule has 0 radical (unpaired) electrons. The van der Waals surface area contributed by atoms with E-state index in [9.17, 15) is 9.59 Å². The van der Waals surface area contributed by atoms with Crippen LogP contribution in [0.4, 0.5) is 0 Å². The Hall–Kier alpha value is -1.57. The standard InChI is InChI=1S/C10H17N3O2/c1-4-8(3)13(5-2)10(15)9(14)12-7-6-11/h8H,4-5,7H2,1-3H3,(H,12,14). The number of hydrogen-bond acceptors (Lipinski definition) is 3. The monoisotopic (exact) mass is 211 g/mol. The van der Waals surface area contributed by atoms with Crippen molar-refractivity contribution in [3.05, 3.63) is 0 Å². The molecule has 0 aromatic rings. The molecule has 0 bridgehead atoms. The van der Waals surface area contributed by atoms with Gasteiger partial charge in [0, 0.05) is 12.6 Å². The summed E-state index contributed by atoms with van der Waals surface area (Å²) in [5.74, 6) is -1.28. The summed E-state index contributed by atoms with van der Waals surface area (Å²) >= 11 is 0. The number of hydrogen-bond donors (Lipinski definition) is 1. The molecule has 0 saturated heterocycles. The van der Waals surface area contributed by atoms with Gasteiger partial charge >= 0.3 is 11.8 Å². The van der Waals surface area contributed by atoms with Gasteiger partial charge < -0.3 is 10.2 Å². The highest BCUT2D eigenvalue weighted by atomic mass is 16.2. The number of nitrogens with zero attached hydrogens (tertiary/aromatic N) is 2. The summed E-state index contributed by atoms with van der Waals surface area (Å²) < 4.78 is 0. The van der Waals surface area contributed by atoms with E-state index < -0.39 is 11.8 Å². The normalized spacial score (nSPS) is 11.3. The molecule has 0 heterocycles. The van der Waals surface area contributed by atoms with Gasteiger partial charge in [-0.25, -0.2) is 0 Å². The van der Waals surface area contributed by atoms with Gasteiger partial charge in [-0.15, -0.1) is 0 Å². The largest absolute Gasteiger partial charge is 0.335 e. The number of rotatable bonds is 4. The van der Waals surface area contributed by atoms with Gasteiger partial charge in [0.25, 0.3) is 0 Å². The molecule has 1 atom stereocenters. The zero-order valence-electron chi connectivity index (χ0n) is 9.41. The van der Waals surface area contributed by atoms with E-state index in [1.54, 1.807) is 6.07 Å². The van der Waals surface area contributed by atoms with Crippen molar-refractivity contribution in [2.24, 2.45) is 0 Å². The van der Waals surface area contributed by atoms with Gasteiger partial charge in [-0.3, -0.25) is 9.59 Å². The molecule has 5 nitrogen and oxygen atoms in total. The van der Waals surface area contributed by atoms with Gasteiger partial charge in [0.2, 0.25) is 0 Å². The zero-order valence-corrected chi connectivity index (χ0v) is 9.41. The van der Waals surface area contributed by atoms with Crippen LogP contribution in [0.15, 0.2) is 0 Å². The number of nitrogens with one attached hydrogen (secondary N) is 1. The van der Waals surface area contributed by atoms with Crippen molar-refractivity contribution in [2.75, 3.05) is 13.1 Å². The summed E-state index contributed by atoms with van der Waals surface area (Å²) in [6.07, 6.45) is 0.797. The van der Waals surface area contributed by atoms with Gasteiger partial charge in [0.05, 0.1) is 6.07 Å². The Balaban J connectivity index is 4.39. The van der Waals surface area contributed by atoms with Crippen molar-refractivity contribution in [1.29, 1.82) is 5.26 Å². The second-order valence-corrected chi connectivity index (χ2v) is 3.19. The first-order chi connectivity index (χ1) is 7.08. The highest BCUT2D eigenvalue weighted by molar-refractivity contribution is 6.35. The molecule has 0 aliphatic carbocycles. The Morgan fingerprint density at radius 3 is 2.47 bits per heavy atom. The molecular formula is C10H17N3O2. The van der Waals surface area contributed by atoms with E-state index in [-0.39, 0.29) is 12.6 Å². The van der Waals surface area contributed by atoms with Gasteiger partial charge in [-0.2, -0.15) is 5.26 Å². The summed E-state index contributed by atoms with van der Waals surface area (Å²) in [7, 11) is 0. The molecule has 5 heteroatoms. The highest BCUT2D eigenvalue weighted by Crippen LogP contribution is 2.03. The van der Waals surface area contributed by atoms with E-state index in [1.165, 1.54) is 4.90 Å². The Morgan fingerprint density at radius 1 is 1.47 bits per heavy atom. The van der Waals surface area contributed by atoms with Crippen LogP contribution in [0.2, 0.25) is 0 Å². The average Bonchev–Trinajstić information content (AvgIpc) is 2.26. The topological polar surface area (TPSA) is 73.2 Å².